The van der Waals surface area contributed by atoms with Crippen LogP contribution in [-0.4, -0.2) is 13.2 Å². The number of rotatable bonds is 8. The lowest BCUT2D eigenvalue weighted by Gasteiger charge is -2.11. The van der Waals surface area contributed by atoms with Crippen molar-refractivity contribution >= 4 is 22.7 Å². The average Bonchev–Trinajstić information content (AvgIpc) is 2.52. The molecule has 0 bridgehead atoms. The van der Waals surface area contributed by atoms with Crippen LogP contribution in [0.15, 0.2) is 36.4 Å². The second-order valence-corrected chi connectivity index (χ2v) is 5.35. The maximum absolute atomic E-state index is 5.82. The minimum absolute atomic E-state index is 0.591. The standard InChI is InChI=1S/C17H24N4O2/c18-12-4-6-14(20)16(10-12)22-8-2-1-3-9-23-17-11-13(19)5-7-15(17)21/h4-7,10-11H,1-3,8-9,18-21H2. The fourth-order valence-electron chi connectivity index (χ4n) is 2.10. The van der Waals surface area contributed by atoms with Gasteiger partial charge >= 0.3 is 0 Å². The van der Waals surface area contributed by atoms with Gasteiger partial charge in [0.2, 0.25) is 0 Å². The summed E-state index contributed by atoms with van der Waals surface area (Å²) in [6.45, 7) is 1.18. The molecule has 0 spiro atoms. The van der Waals surface area contributed by atoms with Gasteiger partial charge < -0.3 is 32.4 Å². The maximum Gasteiger partial charge on any atom is 0.144 e. The number of anilines is 4. The van der Waals surface area contributed by atoms with Gasteiger partial charge in [0.05, 0.1) is 24.6 Å². The largest absolute Gasteiger partial charge is 0.491 e. The van der Waals surface area contributed by atoms with E-state index in [0.717, 1.165) is 19.3 Å². The molecule has 0 heterocycles. The first-order valence-electron chi connectivity index (χ1n) is 7.62. The van der Waals surface area contributed by atoms with E-state index in [9.17, 15) is 0 Å². The topological polar surface area (TPSA) is 123 Å². The van der Waals surface area contributed by atoms with Crippen LogP contribution in [0.2, 0.25) is 0 Å². The highest BCUT2D eigenvalue weighted by Crippen LogP contribution is 2.25. The normalized spacial score (nSPS) is 10.4. The molecule has 23 heavy (non-hydrogen) atoms. The van der Waals surface area contributed by atoms with Gasteiger partial charge in [0.1, 0.15) is 11.5 Å². The van der Waals surface area contributed by atoms with Crippen LogP contribution in [0, 0.1) is 0 Å². The molecule has 0 aromatic heterocycles. The zero-order valence-corrected chi connectivity index (χ0v) is 13.1. The molecule has 0 fully saturated rings. The number of benzene rings is 2. The lowest BCUT2D eigenvalue weighted by atomic mass is 10.2. The zero-order chi connectivity index (χ0) is 16.7. The second-order valence-electron chi connectivity index (χ2n) is 5.35. The van der Waals surface area contributed by atoms with E-state index in [0.29, 0.717) is 47.5 Å². The smallest absolute Gasteiger partial charge is 0.144 e. The third-order valence-corrected chi connectivity index (χ3v) is 3.38. The van der Waals surface area contributed by atoms with E-state index in [1.807, 2.05) is 0 Å². The van der Waals surface area contributed by atoms with E-state index in [1.54, 1.807) is 36.4 Å². The van der Waals surface area contributed by atoms with Gasteiger partial charge in [-0.15, -0.1) is 0 Å². The van der Waals surface area contributed by atoms with E-state index in [4.69, 9.17) is 32.4 Å². The summed E-state index contributed by atoms with van der Waals surface area (Å²) >= 11 is 0. The van der Waals surface area contributed by atoms with Crippen LogP contribution in [-0.2, 0) is 0 Å². The fourth-order valence-corrected chi connectivity index (χ4v) is 2.10. The highest BCUT2D eigenvalue weighted by Gasteiger charge is 2.02. The minimum atomic E-state index is 0.591. The van der Waals surface area contributed by atoms with Crippen molar-refractivity contribution in [3.8, 4) is 11.5 Å². The molecule has 124 valence electrons. The highest BCUT2D eigenvalue weighted by atomic mass is 16.5. The Morgan fingerprint density at radius 1 is 0.609 bits per heavy atom. The maximum atomic E-state index is 5.82. The van der Waals surface area contributed by atoms with E-state index in [2.05, 4.69) is 0 Å². The van der Waals surface area contributed by atoms with Crippen molar-refractivity contribution < 1.29 is 9.47 Å². The predicted octanol–water partition coefficient (Wildman–Crippen LogP) is 2.64. The van der Waals surface area contributed by atoms with Crippen molar-refractivity contribution in [2.45, 2.75) is 19.3 Å². The summed E-state index contributed by atoms with van der Waals surface area (Å²) in [7, 11) is 0. The molecular weight excluding hydrogens is 292 g/mol. The first kappa shape index (κ1) is 16.6. The molecule has 0 aliphatic rings. The Kier molecular flexibility index (Phi) is 5.80. The number of unbranched alkanes of at least 4 members (excludes halogenated alkanes) is 2. The Morgan fingerprint density at radius 3 is 1.48 bits per heavy atom. The molecule has 8 N–H and O–H groups in total. The molecule has 0 aliphatic heterocycles. The third-order valence-electron chi connectivity index (χ3n) is 3.38. The molecule has 0 aliphatic carbocycles. The number of nitrogen functional groups attached to an aromatic ring is 4. The minimum Gasteiger partial charge on any atom is -0.491 e. The molecule has 0 radical (unpaired) electrons. The Balaban J connectivity index is 1.63. The summed E-state index contributed by atoms with van der Waals surface area (Å²) in [5, 5.41) is 0. The molecule has 0 saturated carbocycles. The summed E-state index contributed by atoms with van der Waals surface area (Å²) in [5.41, 5.74) is 25.5. The van der Waals surface area contributed by atoms with Crippen LogP contribution in [0.3, 0.4) is 0 Å². The van der Waals surface area contributed by atoms with Crippen molar-refractivity contribution in [3.05, 3.63) is 36.4 Å². The molecule has 6 nitrogen and oxygen atoms in total. The number of hydrogen-bond donors (Lipinski definition) is 4. The van der Waals surface area contributed by atoms with Crippen molar-refractivity contribution in [2.24, 2.45) is 0 Å². The zero-order valence-electron chi connectivity index (χ0n) is 13.1. The highest BCUT2D eigenvalue weighted by molar-refractivity contribution is 5.60. The molecule has 2 aromatic rings. The van der Waals surface area contributed by atoms with Crippen LogP contribution >= 0.6 is 0 Å². The number of ether oxygens (including phenoxy) is 2. The first-order chi connectivity index (χ1) is 11.1. The molecular formula is C17H24N4O2. The number of nitrogens with two attached hydrogens (primary N) is 4. The van der Waals surface area contributed by atoms with Crippen LogP contribution in [0.25, 0.3) is 0 Å². The first-order valence-corrected chi connectivity index (χ1v) is 7.62. The molecule has 2 rings (SSSR count). The third kappa shape index (κ3) is 5.18. The van der Waals surface area contributed by atoms with Gasteiger partial charge in [-0.05, 0) is 43.5 Å². The summed E-state index contributed by atoms with van der Waals surface area (Å²) < 4.78 is 11.3. The van der Waals surface area contributed by atoms with Crippen molar-refractivity contribution in [3.63, 3.8) is 0 Å². The predicted molar refractivity (Wildman–Crippen MR) is 95.4 cm³/mol. The monoisotopic (exact) mass is 316 g/mol. The van der Waals surface area contributed by atoms with Crippen molar-refractivity contribution in [2.75, 3.05) is 36.1 Å². The Morgan fingerprint density at radius 2 is 1.04 bits per heavy atom. The van der Waals surface area contributed by atoms with Crippen LogP contribution in [0.5, 0.6) is 11.5 Å². The van der Waals surface area contributed by atoms with Crippen LogP contribution < -0.4 is 32.4 Å². The summed E-state index contributed by atoms with van der Waals surface area (Å²) in [6.07, 6.45) is 2.79. The van der Waals surface area contributed by atoms with Gasteiger partial charge in [-0.1, -0.05) is 0 Å². The van der Waals surface area contributed by atoms with Crippen LogP contribution in [0.4, 0.5) is 22.7 Å². The lowest BCUT2D eigenvalue weighted by molar-refractivity contribution is 0.281. The van der Waals surface area contributed by atoms with Gasteiger partial charge in [-0.2, -0.15) is 0 Å². The summed E-state index contributed by atoms with van der Waals surface area (Å²) in [4.78, 5) is 0. The molecule has 0 unspecified atom stereocenters. The second kappa shape index (κ2) is 8.03. The Bertz CT molecular complexity index is 591. The van der Waals surface area contributed by atoms with Gasteiger partial charge in [0.25, 0.3) is 0 Å². The fraction of sp³-hybridized carbons (Fsp3) is 0.294. The molecule has 0 saturated heterocycles. The van der Waals surface area contributed by atoms with Gasteiger partial charge in [-0.25, -0.2) is 0 Å². The molecule has 0 atom stereocenters. The Hall–Kier alpha value is -2.76. The van der Waals surface area contributed by atoms with Crippen molar-refractivity contribution in [1.82, 2.24) is 0 Å². The summed E-state index contributed by atoms with van der Waals surface area (Å²) in [6, 6.07) is 10.5. The summed E-state index contributed by atoms with van der Waals surface area (Å²) in [5.74, 6) is 1.27. The van der Waals surface area contributed by atoms with Gasteiger partial charge in [0, 0.05) is 23.5 Å². The quantitative estimate of drug-likeness (QED) is 0.438. The molecule has 2 aromatic carbocycles. The van der Waals surface area contributed by atoms with E-state index < -0.39 is 0 Å². The van der Waals surface area contributed by atoms with E-state index >= 15 is 0 Å². The lowest BCUT2D eigenvalue weighted by Crippen LogP contribution is -2.04. The van der Waals surface area contributed by atoms with Crippen molar-refractivity contribution in [1.29, 1.82) is 0 Å². The Labute approximate surface area is 136 Å². The van der Waals surface area contributed by atoms with Gasteiger partial charge in [0.15, 0.2) is 0 Å². The average molecular weight is 316 g/mol. The van der Waals surface area contributed by atoms with E-state index in [-0.39, 0.29) is 0 Å². The molecule has 0 amide bonds. The SMILES string of the molecule is Nc1ccc(N)c(OCCCCCOc2cc(N)ccc2N)c1. The van der Waals surface area contributed by atoms with Crippen LogP contribution in [0.1, 0.15) is 19.3 Å². The number of hydrogen-bond acceptors (Lipinski definition) is 6. The van der Waals surface area contributed by atoms with Gasteiger partial charge in [-0.3, -0.25) is 0 Å². The van der Waals surface area contributed by atoms with E-state index in [1.165, 1.54) is 0 Å². The molecule has 6 heteroatoms.